The third-order valence-corrected chi connectivity index (χ3v) is 4.73. The van der Waals surface area contributed by atoms with Gasteiger partial charge in [-0.2, -0.15) is 0 Å². The lowest BCUT2D eigenvalue weighted by atomic mass is 9.87. The summed E-state index contributed by atoms with van der Waals surface area (Å²) >= 11 is 0. The van der Waals surface area contributed by atoms with Gasteiger partial charge in [-0.05, 0) is 49.4 Å². The Balaban J connectivity index is 1.45. The van der Waals surface area contributed by atoms with Crippen molar-refractivity contribution >= 4 is 5.91 Å². The number of carbonyl (C=O) groups is 1. The summed E-state index contributed by atoms with van der Waals surface area (Å²) in [6.07, 6.45) is 3.12. The molecule has 2 aromatic rings. The highest BCUT2D eigenvalue weighted by molar-refractivity contribution is 5.81. The van der Waals surface area contributed by atoms with Gasteiger partial charge in [0.25, 0.3) is 0 Å². The summed E-state index contributed by atoms with van der Waals surface area (Å²) in [7, 11) is 0. The molecule has 0 radical (unpaired) electrons. The van der Waals surface area contributed by atoms with Gasteiger partial charge in [-0.1, -0.05) is 36.4 Å². The van der Waals surface area contributed by atoms with Crippen molar-refractivity contribution in [3.8, 4) is 5.75 Å². The number of hydrogen-bond donors (Lipinski definition) is 2. The average Bonchev–Trinajstić information content (AvgIpc) is 2.66. The van der Waals surface area contributed by atoms with Crippen molar-refractivity contribution in [2.24, 2.45) is 0 Å². The molecule has 0 bridgehead atoms. The maximum Gasteiger partial charge on any atom is 0.237 e. The molecule has 26 heavy (non-hydrogen) atoms. The van der Waals surface area contributed by atoms with Crippen LogP contribution in [0.4, 0.5) is 4.39 Å². The first kappa shape index (κ1) is 18.4. The van der Waals surface area contributed by atoms with Gasteiger partial charge in [0.05, 0.1) is 12.1 Å². The number of halogens is 1. The van der Waals surface area contributed by atoms with Gasteiger partial charge in [-0.15, -0.1) is 0 Å². The number of fused-ring (bicyclic) bond motifs is 1. The predicted octanol–water partition coefficient (Wildman–Crippen LogP) is 3.38. The van der Waals surface area contributed by atoms with Gasteiger partial charge in [-0.25, -0.2) is 4.39 Å². The first-order valence-corrected chi connectivity index (χ1v) is 9.14. The molecule has 5 heteroatoms. The minimum Gasteiger partial charge on any atom is -0.489 e. The molecule has 4 nitrogen and oxygen atoms in total. The van der Waals surface area contributed by atoms with E-state index in [1.54, 1.807) is 18.2 Å². The van der Waals surface area contributed by atoms with E-state index in [4.69, 9.17) is 4.74 Å². The molecule has 3 rings (SSSR count). The van der Waals surface area contributed by atoms with Crippen LogP contribution in [-0.4, -0.2) is 25.1 Å². The minimum absolute atomic E-state index is 0.0300. The number of ether oxygens (including phenoxy) is 1. The normalized spacial score (nSPS) is 17.2. The zero-order valence-electron chi connectivity index (χ0n) is 15.0. The number of amides is 1. The quantitative estimate of drug-likeness (QED) is 0.748. The number of hydrogen-bond acceptors (Lipinski definition) is 3. The summed E-state index contributed by atoms with van der Waals surface area (Å²) in [4.78, 5) is 12.5. The third kappa shape index (κ3) is 4.61. The van der Waals surface area contributed by atoms with Crippen molar-refractivity contribution in [1.82, 2.24) is 10.6 Å². The molecule has 2 atom stereocenters. The van der Waals surface area contributed by atoms with Gasteiger partial charge >= 0.3 is 0 Å². The summed E-state index contributed by atoms with van der Waals surface area (Å²) in [5, 5.41) is 6.27. The van der Waals surface area contributed by atoms with Crippen LogP contribution in [-0.2, 0) is 11.2 Å². The lowest BCUT2D eigenvalue weighted by molar-refractivity contribution is -0.123. The summed E-state index contributed by atoms with van der Waals surface area (Å²) in [5.74, 6) is -0.183. The topological polar surface area (TPSA) is 50.4 Å². The van der Waals surface area contributed by atoms with E-state index in [1.807, 2.05) is 19.1 Å². The monoisotopic (exact) mass is 356 g/mol. The minimum atomic E-state index is -0.380. The van der Waals surface area contributed by atoms with Gasteiger partial charge in [0.15, 0.2) is 11.6 Å². The van der Waals surface area contributed by atoms with Crippen molar-refractivity contribution in [2.45, 2.75) is 38.3 Å². The van der Waals surface area contributed by atoms with Crippen LogP contribution >= 0.6 is 0 Å². The van der Waals surface area contributed by atoms with Crippen molar-refractivity contribution in [3.63, 3.8) is 0 Å². The van der Waals surface area contributed by atoms with Crippen molar-refractivity contribution < 1.29 is 13.9 Å². The van der Waals surface area contributed by atoms with Crippen LogP contribution in [0.5, 0.6) is 5.75 Å². The smallest absolute Gasteiger partial charge is 0.237 e. The van der Waals surface area contributed by atoms with Gasteiger partial charge < -0.3 is 15.4 Å². The fourth-order valence-corrected chi connectivity index (χ4v) is 3.29. The van der Waals surface area contributed by atoms with E-state index in [9.17, 15) is 9.18 Å². The molecular weight excluding hydrogens is 331 g/mol. The standard InChI is InChI=1S/C21H25FN2O2/c1-15(23-13-14-26-20-12-5-4-10-18(20)22)21(25)24-19-11-6-8-16-7-2-3-9-17(16)19/h2-5,7,9-10,12,15,19,23H,6,8,11,13-14H2,1H3,(H,24,25)/t15-,19-/m0/s1. The summed E-state index contributed by atoms with van der Waals surface area (Å²) in [5.41, 5.74) is 2.55. The zero-order chi connectivity index (χ0) is 18.4. The molecule has 0 aliphatic heterocycles. The van der Waals surface area contributed by atoms with E-state index in [0.29, 0.717) is 13.2 Å². The van der Waals surface area contributed by atoms with Crippen LogP contribution in [0.3, 0.4) is 0 Å². The second-order valence-electron chi connectivity index (χ2n) is 6.61. The van der Waals surface area contributed by atoms with Crippen LogP contribution in [0.2, 0.25) is 0 Å². The molecule has 0 fully saturated rings. The number of benzene rings is 2. The predicted molar refractivity (Wildman–Crippen MR) is 99.6 cm³/mol. The summed E-state index contributed by atoms with van der Waals surface area (Å²) in [6, 6.07) is 14.3. The first-order chi connectivity index (χ1) is 12.6. The van der Waals surface area contributed by atoms with Crippen molar-refractivity contribution in [1.29, 1.82) is 0 Å². The van der Waals surface area contributed by atoms with E-state index < -0.39 is 0 Å². The second kappa shape index (κ2) is 8.81. The SMILES string of the molecule is C[C@H](NCCOc1ccccc1F)C(=O)N[C@H]1CCCc2ccccc21. The van der Waals surface area contributed by atoms with Crippen LogP contribution in [0.15, 0.2) is 48.5 Å². The maximum absolute atomic E-state index is 13.5. The zero-order valence-corrected chi connectivity index (χ0v) is 15.0. The molecule has 0 spiro atoms. The van der Waals surface area contributed by atoms with Crippen LogP contribution in [0, 0.1) is 5.82 Å². The molecule has 0 heterocycles. The fourth-order valence-electron chi connectivity index (χ4n) is 3.29. The number of carbonyl (C=O) groups excluding carboxylic acids is 1. The van der Waals surface area contributed by atoms with Crippen LogP contribution < -0.4 is 15.4 Å². The molecule has 1 aliphatic carbocycles. The van der Waals surface area contributed by atoms with E-state index in [2.05, 4.69) is 22.8 Å². The number of para-hydroxylation sites is 1. The Hall–Kier alpha value is -2.40. The fraction of sp³-hybridized carbons (Fsp3) is 0.381. The van der Waals surface area contributed by atoms with Gasteiger partial charge in [0, 0.05) is 6.54 Å². The molecule has 0 saturated heterocycles. The maximum atomic E-state index is 13.5. The second-order valence-corrected chi connectivity index (χ2v) is 6.61. The Morgan fingerprint density at radius 1 is 1.23 bits per heavy atom. The number of nitrogens with one attached hydrogen (secondary N) is 2. The Labute approximate surface area is 153 Å². The van der Waals surface area contributed by atoms with Gasteiger partial charge in [0.2, 0.25) is 5.91 Å². The highest BCUT2D eigenvalue weighted by atomic mass is 19.1. The molecular formula is C21H25FN2O2. The molecule has 2 N–H and O–H groups in total. The molecule has 138 valence electrons. The van der Waals surface area contributed by atoms with Gasteiger partial charge in [0.1, 0.15) is 6.61 Å². The van der Waals surface area contributed by atoms with Crippen LogP contribution in [0.25, 0.3) is 0 Å². The Bertz CT molecular complexity index is 750. The molecule has 1 amide bonds. The summed E-state index contributed by atoms with van der Waals surface area (Å²) in [6.45, 7) is 2.59. The molecule has 2 aromatic carbocycles. The third-order valence-electron chi connectivity index (χ3n) is 4.73. The summed E-state index contributed by atoms with van der Waals surface area (Å²) < 4.78 is 18.9. The van der Waals surface area contributed by atoms with Gasteiger partial charge in [-0.3, -0.25) is 4.79 Å². The average molecular weight is 356 g/mol. The molecule has 0 saturated carbocycles. The number of rotatable bonds is 7. The van der Waals surface area contributed by atoms with E-state index >= 15 is 0 Å². The highest BCUT2D eigenvalue weighted by Gasteiger charge is 2.23. The lowest BCUT2D eigenvalue weighted by Gasteiger charge is -2.27. The molecule has 0 unspecified atom stereocenters. The largest absolute Gasteiger partial charge is 0.489 e. The molecule has 1 aliphatic rings. The first-order valence-electron chi connectivity index (χ1n) is 9.14. The van der Waals surface area contributed by atoms with E-state index in [-0.39, 0.29) is 29.6 Å². The van der Waals surface area contributed by atoms with E-state index in [1.165, 1.54) is 17.2 Å². The van der Waals surface area contributed by atoms with E-state index in [0.717, 1.165) is 19.3 Å². The Morgan fingerprint density at radius 3 is 2.85 bits per heavy atom. The van der Waals surface area contributed by atoms with Crippen LogP contribution in [0.1, 0.15) is 36.9 Å². The Kier molecular flexibility index (Phi) is 6.23. The Morgan fingerprint density at radius 2 is 2.00 bits per heavy atom. The molecule has 0 aromatic heterocycles. The van der Waals surface area contributed by atoms with Crippen molar-refractivity contribution in [2.75, 3.05) is 13.2 Å². The highest BCUT2D eigenvalue weighted by Crippen LogP contribution is 2.29. The number of aryl methyl sites for hydroxylation is 1. The lowest BCUT2D eigenvalue weighted by Crippen LogP contribution is -2.45. The van der Waals surface area contributed by atoms with Crippen molar-refractivity contribution in [3.05, 3.63) is 65.5 Å².